The Morgan fingerprint density at radius 3 is 2.52 bits per heavy atom. The number of anilines is 2. The highest BCUT2D eigenvalue weighted by atomic mass is 32.2. The van der Waals surface area contributed by atoms with E-state index in [2.05, 4.69) is 25.8 Å². The van der Waals surface area contributed by atoms with Crippen molar-refractivity contribution in [2.45, 2.75) is 19.0 Å². The van der Waals surface area contributed by atoms with E-state index < -0.39 is 11.5 Å². The zero-order valence-electron chi connectivity index (χ0n) is 15.9. The Kier molecular flexibility index (Phi) is 6.39. The van der Waals surface area contributed by atoms with Crippen molar-refractivity contribution in [3.63, 3.8) is 0 Å². The molecule has 0 atom stereocenters. The van der Waals surface area contributed by atoms with Crippen LogP contribution in [0.3, 0.4) is 0 Å². The summed E-state index contributed by atoms with van der Waals surface area (Å²) in [5.74, 6) is -0.794. The molecule has 0 fully saturated rings. The highest BCUT2D eigenvalue weighted by Crippen LogP contribution is 2.17. The van der Waals surface area contributed by atoms with Crippen molar-refractivity contribution in [2.75, 3.05) is 16.4 Å². The van der Waals surface area contributed by atoms with E-state index in [0.717, 1.165) is 22.3 Å². The maximum atomic E-state index is 12.5. The molecule has 2 aromatic heterocycles. The minimum absolute atomic E-state index is 0.0355. The maximum Gasteiger partial charge on any atom is 0.266 e. The third-order valence-corrected chi connectivity index (χ3v) is 5.58. The Hall–Kier alpha value is -3.05. The molecule has 2 amide bonds. The van der Waals surface area contributed by atoms with Crippen molar-refractivity contribution in [3.8, 4) is 0 Å². The van der Waals surface area contributed by atoms with E-state index in [1.807, 2.05) is 19.1 Å². The van der Waals surface area contributed by atoms with E-state index >= 15 is 0 Å². The van der Waals surface area contributed by atoms with Gasteiger partial charge in [-0.05, 0) is 26.0 Å². The number of hydrogen-bond donors (Lipinski definition) is 2. The second-order valence-electron chi connectivity index (χ2n) is 6.10. The molecule has 0 saturated heterocycles. The van der Waals surface area contributed by atoms with Crippen LogP contribution in [-0.2, 0) is 11.8 Å². The van der Waals surface area contributed by atoms with Crippen LogP contribution in [0.1, 0.15) is 20.9 Å². The molecule has 3 rings (SSSR count). The summed E-state index contributed by atoms with van der Waals surface area (Å²) in [7, 11) is 1.51. The van der Waals surface area contributed by atoms with E-state index in [0.29, 0.717) is 16.0 Å². The van der Waals surface area contributed by atoms with Crippen LogP contribution in [0.5, 0.6) is 0 Å². The lowest BCUT2D eigenvalue weighted by atomic mass is 10.2. The molecule has 29 heavy (non-hydrogen) atoms. The number of benzene rings is 1. The fourth-order valence-electron chi connectivity index (χ4n) is 2.29. The molecule has 0 aliphatic heterocycles. The first-order valence-corrected chi connectivity index (χ1v) is 10.3. The summed E-state index contributed by atoms with van der Waals surface area (Å²) in [6.07, 6.45) is 1.22. The number of amides is 2. The fourth-order valence-corrected chi connectivity index (χ4v) is 3.63. The SMILES string of the molecule is Cc1ccc(NC(=O)c2cnc(SCC(=O)Nc3nnc(C)s3)n(C)c2=O)cc1. The Bertz CT molecular complexity index is 1110. The van der Waals surface area contributed by atoms with Crippen molar-refractivity contribution in [1.82, 2.24) is 19.7 Å². The lowest BCUT2D eigenvalue weighted by Gasteiger charge is -2.09. The first kappa shape index (κ1) is 20.7. The van der Waals surface area contributed by atoms with Crippen molar-refractivity contribution < 1.29 is 9.59 Å². The number of hydrogen-bond acceptors (Lipinski definition) is 8. The Morgan fingerprint density at radius 2 is 1.86 bits per heavy atom. The summed E-state index contributed by atoms with van der Waals surface area (Å²) in [4.78, 5) is 41.1. The predicted molar refractivity (Wildman–Crippen MR) is 113 cm³/mol. The highest BCUT2D eigenvalue weighted by Gasteiger charge is 2.16. The first-order valence-electron chi connectivity index (χ1n) is 8.50. The van der Waals surface area contributed by atoms with E-state index in [-0.39, 0.29) is 17.2 Å². The molecular formula is C18H18N6O3S2. The van der Waals surface area contributed by atoms with Gasteiger partial charge >= 0.3 is 0 Å². The van der Waals surface area contributed by atoms with Crippen LogP contribution in [-0.4, -0.2) is 37.3 Å². The standard InChI is InChI=1S/C18H18N6O3S2/c1-10-4-6-12(7-5-10)20-15(26)13-8-19-18(24(3)16(13)27)28-9-14(25)21-17-23-22-11(2)29-17/h4-8H,9H2,1-3H3,(H,20,26)(H,21,23,25). The zero-order chi connectivity index (χ0) is 21.0. The van der Waals surface area contributed by atoms with Gasteiger partial charge in [-0.15, -0.1) is 10.2 Å². The molecule has 0 bridgehead atoms. The molecule has 0 radical (unpaired) electrons. The summed E-state index contributed by atoms with van der Waals surface area (Å²) in [5.41, 5.74) is 1.08. The third-order valence-electron chi connectivity index (χ3n) is 3.78. The van der Waals surface area contributed by atoms with Crippen LogP contribution >= 0.6 is 23.1 Å². The van der Waals surface area contributed by atoms with Crippen molar-refractivity contribution in [2.24, 2.45) is 7.05 Å². The van der Waals surface area contributed by atoms with Crippen LogP contribution in [0.4, 0.5) is 10.8 Å². The molecular weight excluding hydrogens is 412 g/mol. The number of thioether (sulfide) groups is 1. The van der Waals surface area contributed by atoms with Gasteiger partial charge in [0, 0.05) is 18.9 Å². The maximum absolute atomic E-state index is 12.5. The zero-order valence-corrected chi connectivity index (χ0v) is 17.6. The van der Waals surface area contributed by atoms with Gasteiger partial charge in [-0.1, -0.05) is 40.8 Å². The highest BCUT2D eigenvalue weighted by molar-refractivity contribution is 7.99. The molecule has 0 aliphatic rings. The lowest BCUT2D eigenvalue weighted by Crippen LogP contribution is -2.29. The average Bonchev–Trinajstić information content (AvgIpc) is 3.09. The lowest BCUT2D eigenvalue weighted by molar-refractivity contribution is -0.113. The summed E-state index contributed by atoms with van der Waals surface area (Å²) < 4.78 is 1.25. The van der Waals surface area contributed by atoms with Crippen LogP contribution in [0.25, 0.3) is 0 Å². The predicted octanol–water partition coefficient (Wildman–Crippen LogP) is 2.23. The summed E-state index contributed by atoms with van der Waals surface area (Å²) >= 11 is 2.36. The van der Waals surface area contributed by atoms with Gasteiger partial charge < -0.3 is 5.32 Å². The third kappa shape index (κ3) is 5.27. The van der Waals surface area contributed by atoms with Crippen molar-refractivity contribution in [3.05, 3.63) is 57.0 Å². The minimum Gasteiger partial charge on any atom is -0.322 e. The minimum atomic E-state index is -0.539. The molecule has 9 nitrogen and oxygen atoms in total. The number of aromatic nitrogens is 4. The largest absolute Gasteiger partial charge is 0.322 e. The van der Waals surface area contributed by atoms with Crippen LogP contribution < -0.4 is 16.2 Å². The van der Waals surface area contributed by atoms with Gasteiger partial charge in [-0.2, -0.15) is 0 Å². The molecule has 11 heteroatoms. The van der Waals surface area contributed by atoms with Crippen LogP contribution in [0.15, 0.2) is 40.4 Å². The Morgan fingerprint density at radius 1 is 1.14 bits per heavy atom. The van der Waals surface area contributed by atoms with Gasteiger partial charge in [0.05, 0.1) is 5.75 Å². The molecule has 1 aromatic carbocycles. The van der Waals surface area contributed by atoms with Crippen molar-refractivity contribution >= 4 is 45.7 Å². The van der Waals surface area contributed by atoms with Crippen molar-refractivity contribution in [1.29, 1.82) is 0 Å². The first-order chi connectivity index (χ1) is 13.8. The van der Waals surface area contributed by atoms with Gasteiger partial charge in [0.25, 0.3) is 11.5 Å². The summed E-state index contributed by atoms with van der Waals surface area (Å²) in [6.45, 7) is 3.73. The molecule has 0 spiro atoms. The quantitative estimate of drug-likeness (QED) is 0.455. The van der Waals surface area contributed by atoms with E-state index in [1.54, 1.807) is 19.1 Å². The van der Waals surface area contributed by atoms with Crippen LogP contribution in [0.2, 0.25) is 0 Å². The van der Waals surface area contributed by atoms with Gasteiger partial charge in [-0.3, -0.25) is 24.3 Å². The van der Waals surface area contributed by atoms with Crippen LogP contribution in [0, 0.1) is 13.8 Å². The average molecular weight is 431 g/mol. The molecule has 2 N–H and O–H groups in total. The molecule has 3 aromatic rings. The number of carbonyl (C=O) groups excluding carboxylic acids is 2. The smallest absolute Gasteiger partial charge is 0.266 e. The molecule has 150 valence electrons. The second kappa shape index (κ2) is 8.97. The summed E-state index contributed by atoms with van der Waals surface area (Å²) in [5, 5.41) is 14.4. The molecule has 2 heterocycles. The van der Waals surface area contributed by atoms with Gasteiger partial charge in [0.15, 0.2) is 5.16 Å². The number of nitrogens with one attached hydrogen (secondary N) is 2. The number of rotatable bonds is 6. The number of carbonyl (C=O) groups is 2. The van der Waals surface area contributed by atoms with E-state index in [9.17, 15) is 14.4 Å². The molecule has 0 saturated carbocycles. The summed E-state index contributed by atoms with van der Waals surface area (Å²) in [6, 6.07) is 7.24. The second-order valence-corrected chi connectivity index (χ2v) is 8.23. The van der Waals surface area contributed by atoms with E-state index in [4.69, 9.17) is 0 Å². The Balaban J connectivity index is 1.65. The molecule has 0 unspecified atom stereocenters. The normalized spacial score (nSPS) is 10.6. The fraction of sp³-hybridized carbons (Fsp3) is 0.222. The monoisotopic (exact) mass is 430 g/mol. The van der Waals surface area contributed by atoms with Gasteiger partial charge in [-0.25, -0.2) is 4.98 Å². The Labute approximate surface area is 174 Å². The number of aryl methyl sites for hydroxylation is 2. The number of nitrogens with zero attached hydrogens (tertiary/aromatic N) is 4. The topological polar surface area (TPSA) is 119 Å². The van der Waals surface area contributed by atoms with Gasteiger partial charge in [0.1, 0.15) is 10.6 Å². The van der Waals surface area contributed by atoms with Gasteiger partial charge in [0.2, 0.25) is 11.0 Å². The molecule has 0 aliphatic carbocycles. The van der Waals surface area contributed by atoms with E-state index in [1.165, 1.54) is 29.1 Å².